The Balaban J connectivity index is 2.06. The van der Waals surface area contributed by atoms with E-state index in [0.29, 0.717) is 16.9 Å². The fourth-order valence-corrected chi connectivity index (χ4v) is 2.75. The van der Waals surface area contributed by atoms with Crippen LogP contribution in [-0.2, 0) is 4.74 Å². The predicted octanol–water partition coefficient (Wildman–Crippen LogP) is 0.290. The van der Waals surface area contributed by atoms with Crippen molar-refractivity contribution in [2.75, 3.05) is 12.3 Å². The Hall–Kier alpha value is -1.70. The molecule has 2 aromatic heterocycles. The number of aliphatic hydroxyl groups excluding tert-OH is 2. The molecule has 0 radical (unpaired) electrons. The van der Waals surface area contributed by atoms with Crippen LogP contribution in [0.4, 0.5) is 5.69 Å². The monoisotopic (exact) mass is 278 g/mol. The number of aliphatic hydroxyl groups is 2. The molecule has 1 aliphatic rings. The van der Waals surface area contributed by atoms with Crippen molar-refractivity contribution in [3.8, 4) is 0 Å². The highest BCUT2D eigenvalue weighted by Gasteiger charge is 2.50. The first-order valence-corrected chi connectivity index (χ1v) is 6.51. The van der Waals surface area contributed by atoms with E-state index in [2.05, 4.69) is 9.97 Å². The predicted molar refractivity (Wildman–Crippen MR) is 72.7 cm³/mol. The van der Waals surface area contributed by atoms with Crippen molar-refractivity contribution in [1.82, 2.24) is 14.5 Å². The molecule has 3 heterocycles. The number of rotatable bonds is 2. The van der Waals surface area contributed by atoms with Crippen molar-refractivity contribution in [3.63, 3.8) is 0 Å². The number of ether oxygens (including phenoxy) is 1. The smallest absolute Gasteiger partial charge is 0.164 e. The number of nitrogens with two attached hydrogens (primary N) is 1. The summed E-state index contributed by atoms with van der Waals surface area (Å²) in [6.45, 7) is 3.31. The molecule has 4 N–H and O–H groups in total. The van der Waals surface area contributed by atoms with Crippen LogP contribution in [0.5, 0.6) is 0 Å². The van der Waals surface area contributed by atoms with Crippen LogP contribution in [0.1, 0.15) is 20.1 Å². The lowest BCUT2D eigenvalue weighted by Gasteiger charge is -2.25. The van der Waals surface area contributed by atoms with Gasteiger partial charge in [0.15, 0.2) is 5.65 Å². The number of imidazole rings is 1. The summed E-state index contributed by atoms with van der Waals surface area (Å²) < 4.78 is 7.61. The number of anilines is 1. The summed E-state index contributed by atoms with van der Waals surface area (Å²) in [6.07, 6.45) is 2.00. The van der Waals surface area contributed by atoms with Gasteiger partial charge in [0, 0.05) is 12.1 Å². The largest absolute Gasteiger partial charge is 0.397 e. The summed E-state index contributed by atoms with van der Waals surface area (Å²) in [5.74, 6) is -0.201. The highest BCUT2D eigenvalue weighted by Crippen LogP contribution is 2.41. The van der Waals surface area contributed by atoms with Gasteiger partial charge in [0.05, 0.1) is 24.7 Å². The van der Waals surface area contributed by atoms with Gasteiger partial charge in [-0.15, -0.1) is 0 Å². The molecule has 0 aliphatic carbocycles. The van der Waals surface area contributed by atoms with E-state index >= 15 is 0 Å². The molecule has 4 atom stereocenters. The number of aromatic nitrogens is 3. The third-order valence-electron chi connectivity index (χ3n) is 4.04. The number of hydrogen-bond acceptors (Lipinski definition) is 6. The molecule has 0 amide bonds. The first kappa shape index (κ1) is 13.3. The van der Waals surface area contributed by atoms with E-state index in [9.17, 15) is 10.2 Å². The van der Waals surface area contributed by atoms with Crippen molar-refractivity contribution in [3.05, 3.63) is 18.6 Å². The summed E-state index contributed by atoms with van der Waals surface area (Å²) >= 11 is 0. The number of nitrogens with zero attached hydrogens (tertiary/aromatic N) is 3. The molecule has 0 spiro atoms. The molecular formula is C13H18N4O3. The molecule has 108 valence electrons. The summed E-state index contributed by atoms with van der Waals surface area (Å²) in [6, 6.07) is 1.69. The highest BCUT2D eigenvalue weighted by atomic mass is 16.6. The van der Waals surface area contributed by atoms with Crippen LogP contribution < -0.4 is 5.73 Å². The highest BCUT2D eigenvalue weighted by molar-refractivity contribution is 5.83. The molecule has 1 fully saturated rings. The second kappa shape index (κ2) is 4.41. The number of nitrogen functional groups attached to an aromatic ring is 1. The Kier molecular flexibility index (Phi) is 2.93. The summed E-state index contributed by atoms with van der Waals surface area (Å²) in [4.78, 5) is 8.52. The second-order valence-corrected chi connectivity index (χ2v) is 5.51. The van der Waals surface area contributed by atoms with Crippen LogP contribution in [0.25, 0.3) is 11.2 Å². The second-order valence-electron chi connectivity index (χ2n) is 5.51. The number of hydrogen-bond donors (Lipinski definition) is 3. The van der Waals surface area contributed by atoms with Crippen molar-refractivity contribution in [1.29, 1.82) is 0 Å². The minimum atomic E-state index is -0.985. The Morgan fingerprint density at radius 3 is 2.90 bits per heavy atom. The third kappa shape index (κ3) is 1.71. The van der Waals surface area contributed by atoms with E-state index in [1.54, 1.807) is 30.1 Å². The standard InChI is InChI=1S/C13H18N4O3/c1-7-10(19)13(2,5-18)20-12(7)17-6-16-9-8(14)3-4-15-11(9)17/h3-4,6-7,10,12,18-19H,5H2,1-2H3,(H2,14,15)/t7-,10-,12+,13+/m0/s1. The molecule has 0 bridgehead atoms. The van der Waals surface area contributed by atoms with E-state index in [1.165, 1.54) is 0 Å². The Morgan fingerprint density at radius 1 is 1.50 bits per heavy atom. The van der Waals surface area contributed by atoms with Gasteiger partial charge in [-0.05, 0) is 13.0 Å². The first-order chi connectivity index (χ1) is 9.48. The maximum atomic E-state index is 10.2. The molecule has 0 saturated carbocycles. The number of pyridine rings is 1. The lowest BCUT2D eigenvalue weighted by molar-refractivity contribution is -0.115. The van der Waals surface area contributed by atoms with E-state index in [-0.39, 0.29) is 12.5 Å². The molecule has 0 unspecified atom stereocenters. The molecule has 1 saturated heterocycles. The van der Waals surface area contributed by atoms with Gasteiger partial charge in [0.1, 0.15) is 17.3 Å². The molecule has 7 nitrogen and oxygen atoms in total. The van der Waals surface area contributed by atoms with Crippen molar-refractivity contribution >= 4 is 16.9 Å². The Labute approximate surface area is 116 Å². The van der Waals surface area contributed by atoms with Crippen molar-refractivity contribution < 1.29 is 14.9 Å². The van der Waals surface area contributed by atoms with Crippen LogP contribution >= 0.6 is 0 Å². The van der Waals surface area contributed by atoms with E-state index in [1.807, 2.05) is 6.92 Å². The minimum Gasteiger partial charge on any atom is -0.397 e. The van der Waals surface area contributed by atoms with Gasteiger partial charge >= 0.3 is 0 Å². The molecular weight excluding hydrogens is 260 g/mol. The van der Waals surface area contributed by atoms with Gasteiger partial charge in [-0.2, -0.15) is 0 Å². The molecule has 2 aromatic rings. The van der Waals surface area contributed by atoms with Crippen LogP contribution in [0.3, 0.4) is 0 Å². The third-order valence-corrected chi connectivity index (χ3v) is 4.04. The average Bonchev–Trinajstić information content (AvgIpc) is 2.96. The van der Waals surface area contributed by atoms with Crippen LogP contribution in [0.2, 0.25) is 0 Å². The van der Waals surface area contributed by atoms with Crippen molar-refractivity contribution in [2.45, 2.75) is 31.8 Å². The molecule has 3 rings (SSSR count). The Bertz CT molecular complexity index is 644. The van der Waals surface area contributed by atoms with Gasteiger partial charge in [0.25, 0.3) is 0 Å². The SMILES string of the molecule is C[C@@H]1[C@H](n2cnc3c(N)ccnc32)O[C@](C)(CO)[C@H]1O. The molecule has 0 aromatic carbocycles. The normalized spacial score (nSPS) is 33.9. The molecule has 1 aliphatic heterocycles. The minimum absolute atomic E-state index is 0.201. The van der Waals surface area contributed by atoms with Crippen LogP contribution in [0, 0.1) is 5.92 Å². The van der Waals surface area contributed by atoms with Crippen LogP contribution in [-0.4, -0.2) is 43.1 Å². The fourth-order valence-electron chi connectivity index (χ4n) is 2.75. The summed E-state index contributed by atoms with van der Waals surface area (Å²) in [7, 11) is 0. The average molecular weight is 278 g/mol. The lowest BCUT2D eigenvalue weighted by Crippen LogP contribution is -2.41. The van der Waals surface area contributed by atoms with Gasteiger partial charge in [-0.1, -0.05) is 6.92 Å². The number of fused-ring (bicyclic) bond motifs is 1. The maximum Gasteiger partial charge on any atom is 0.164 e. The maximum absolute atomic E-state index is 10.2. The fraction of sp³-hybridized carbons (Fsp3) is 0.538. The Morgan fingerprint density at radius 2 is 2.25 bits per heavy atom. The molecule has 7 heteroatoms. The van der Waals surface area contributed by atoms with Gasteiger partial charge in [-0.3, -0.25) is 4.57 Å². The van der Waals surface area contributed by atoms with Gasteiger partial charge in [0.2, 0.25) is 0 Å². The zero-order valence-corrected chi connectivity index (χ0v) is 11.4. The summed E-state index contributed by atoms with van der Waals surface area (Å²) in [5.41, 5.74) is 6.64. The first-order valence-electron chi connectivity index (χ1n) is 6.51. The van der Waals surface area contributed by atoms with E-state index in [4.69, 9.17) is 10.5 Å². The molecule has 20 heavy (non-hydrogen) atoms. The van der Waals surface area contributed by atoms with E-state index in [0.717, 1.165) is 0 Å². The van der Waals surface area contributed by atoms with E-state index < -0.39 is 17.9 Å². The summed E-state index contributed by atoms with van der Waals surface area (Å²) in [5, 5.41) is 19.7. The zero-order valence-electron chi connectivity index (χ0n) is 11.4. The van der Waals surface area contributed by atoms with Gasteiger partial charge < -0.3 is 20.7 Å². The zero-order chi connectivity index (χ0) is 14.5. The lowest BCUT2D eigenvalue weighted by atomic mass is 9.93. The quantitative estimate of drug-likeness (QED) is 0.729. The topological polar surface area (TPSA) is 106 Å². The van der Waals surface area contributed by atoms with Gasteiger partial charge in [-0.25, -0.2) is 9.97 Å². The van der Waals surface area contributed by atoms with Crippen LogP contribution in [0.15, 0.2) is 18.6 Å². The van der Waals surface area contributed by atoms with Crippen molar-refractivity contribution in [2.24, 2.45) is 5.92 Å².